The molecule has 1 amide bonds. The standard InChI is InChI=1S/C18H19F2NO3/c1-4-24-16-8-5-12(9-17(16)23-3)18(22)21-11(2)14-7-6-13(19)10-15(14)20/h5-11H,4H2,1-3H3,(H,21,22). The third kappa shape index (κ3) is 4.01. The van der Waals surface area contributed by atoms with E-state index in [4.69, 9.17) is 9.47 Å². The van der Waals surface area contributed by atoms with Gasteiger partial charge in [-0.25, -0.2) is 8.78 Å². The molecule has 0 saturated heterocycles. The Labute approximate surface area is 139 Å². The molecule has 1 N–H and O–H groups in total. The van der Waals surface area contributed by atoms with Gasteiger partial charge in [0.1, 0.15) is 11.6 Å². The molecule has 0 bridgehead atoms. The van der Waals surface area contributed by atoms with Gasteiger partial charge in [0, 0.05) is 17.2 Å². The quantitative estimate of drug-likeness (QED) is 0.872. The number of carbonyl (C=O) groups is 1. The molecule has 2 aromatic carbocycles. The minimum atomic E-state index is -0.702. The van der Waals surface area contributed by atoms with Gasteiger partial charge in [-0.15, -0.1) is 0 Å². The van der Waals surface area contributed by atoms with Gasteiger partial charge in [-0.2, -0.15) is 0 Å². The van der Waals surface area contributed by atoms with Gasteiger partial charge in [0.25, 0.3) is 5.91 Å². The summed E-state index contributed by atoms with van der Waals surface area (Å²) in [6, 6.07) is 7.42. The molecular weight excluding hydrogens is 316 g/mol. The molecule has 4 nitrogen and oxygen atoms in total. The topological polar surface area (TPSA) is 47.6 Å². The fourth-order valence-electron chi connectivity index (χ4n) is 2.29. The van der Waals surface area contributed by atoms with Gasteiger partial charge in [-0.1, -0.05) is 6.07 Å². The normalized spacial score (nSPS) is 11.7. The van der Waals surface area contributed by atoms with Crippen molar-refractivity contribution >= 4 is 5.91 Å². The van der Waals surface area contributed by atoms with Crippen LogP contribution in [0.1, 0.15) is 35.8 Å². The van der Waals surface area contributed by atoms with Crippen molar-refractivity contribution in [3.05, 3.63) is 59.2 Å². The summed E-state index contributed by atoms with van der Waals surface area (Å²) < 4.78 is 37.4. The number of hydrogen-bond acceptors (Lipinski definition) is 3. The van der Waals surface area contributed by atoms with Gasteiger partial charge in [0.05, 0.1) is 19.8 Å². The molecule has 0 saturated carbocycles. The van der Waals surface area contributed by atoms with E-state index in [1.165, 1.54) is 13.2 Å². The molecule has 1 unspecified atom stereocenters. The summed E-state index contributed by atoms with van der Waals surface area (Å²) in [4.78, 5) is 12.3. The summed E-state index contributed by atoms with van der Waals surface area (Å²) in [5.74, 6) is -0.787. The molecule has 0 aliphatic rings. The van der Waals surface area contributed by atoms with Crippen molar-refractivity contribution in [3.63, 3.8) is 0 Å². The maximum absolute atomic E-state index is 13.8. The van der Waals surface area contributed by atoms with Crippen LogP contribution in [0.5, 0.6) is 11.5 Å². The Morgan fingerprint density at radius 2 is 1.92 bits per heavy atom. The van der Waals surface area contributed by atoms with Crippen LogP contribution in [-0.2, 0) is 0 Å². The molecule has 0 aliphatic carbocycles. The molecule has 0 aliphatic heterocycles. The zero-order valence-corrected chi connectivity index (χ0v) is 13.7. The van der Waals surface area contributed by atoms with Crippen LogP contribution < -0.4 is 14.8 Å². The highest BCUT2D eigenvalue weighted by atomic mass is 19.1. The average molecular weight is 335 g/mol. The lowest BCUT2D eigenvalue weighted by Crippen LogP contribution is -2.27. The Morgan fingerprint density at radius 1 is 1.17 bits per heavy atom. The molecular formula is C18H19F2NO3. The third-order valence-electron chi connectivity index (χ3n) is 3.50. The fourth-order valence-corrected chi connectivity index (χ4v) is 2.29. The van der Waals surface area contributed by atoms with Crippen LogP contribution in [0.3, 0.4) is 0 Å². The van der Waals surface area contributed by atoms with E-state index in [0.29, 0.717) is 23.7 Å². The molecule has 24 heavy (non-hydrogen) atoms. The van der Waals surface area contributed by atoms with Gasteiger partial charge in [0.15, 0.2) is 11.5 Å². The van der Waals surface area contributed by atoms with E-state index in [9.17, 15) is 13.6 Å². The highest BCUT2D eigenvalue weighted by Gasteiger charge is 2.17. The number of benzene rings is 2. The highest BCUT2D eigenvalue weighted by molar-refractivity contribution is 5.95. The van der Waals surface area contributed by atoms with Crippen molar-refractivity contribution in [1.82, 2.24) is 5.32 Å². The van der Waals surface area contributed by atoms with Crippen molar-refractivity contribution in [1.29, 1.82) is 0 Å². The first kappa shape index (κ1) is 17.7. The van der Waals surface area contributed by atoms with Crippen LogP contribution in [0.4, 0.5) is 8.78 Å². The highest BCUT2D eigenvalue weighted by Crippen LogP contribution is 2.28. The summed E-state index contributed by atoms with van der Waals surface area (Å²) in [6.07, 6.45) is 0. The molecule has 6 heteroatoms. The average Bonchev–Trinajstić information content (AvgIpc) is 2.55. The first-order valence-corrected chi connectivity index (χ1v) is 7.53. The van der Waals surface area contributed by atoms with E-state index in [-0.39, 0.29) is 5.56 Å². The number of nitrogens with one attached hydrogen (secondary N) is 1. The Hall–Kier alpha value is -2.63. The van der Waals surface area contributed by atoms with Gasteiger partial charge in [0.2, 0.25) is 0 Å². The number of amides is 1. The number of halogens is 2. The zero-order valence-electron chi connectivity index (χ0n) is 13.7. The lowest BCUT2D eigenvalue weighted by atomic mass is 10.1. The minimum absolute atomic E-state index is 0.211. The molecule has 0 radical (unpaired) electrons. The summed E-state index contributed by atoms with van der Waals surface area (Å²) in [7, 11) is 1.48. The van der Waals surface area contributed by atoms with Crippen LogP contribution in [-0.4, -0.2) is 19.6 Å². The van der Waals surface area contributed by atoms with Crippen molar-refractivity contribution in [2.45, 2.75) is 19.9 Å². The Bertz CT molecular complexity index is 734. The van der Waals surface area contributed by atoms with Gasteiger partial charge >= 0.3 is 0 Å². The van der Waals surface area contributed by atoms with E-state index < -0.39 is 23.6 Å². The molecule has 1 atom stereocenters. The lowest BCUT2D eigenvalue weighted by Gasteiger charge is -2.16. The third-order valence-corrected chi connectivity index (χ3v) is 3.50. The van der Waals surface area contributed by atoms with Crippen molar-refractivity contribution in [2.24, 2.45) is 0 Å². The Morgan fingerprint density at radius 3 is 2.54 bits per heavy atom. The predicted molar refractivity (Wildman–Crippen MR) is 86.4 cm³/mol. The number of hydrogen-bond donors (Lipinski definition) is 1. The second kappa shape index (κ2) is 7.77. The van der Waals surface area contributed by atoms with E-state index in [1.807, 2.05) is 6.92 Å². The largest absolute Gasteiger partial charge is 0.493 e. The molecule has 128 valence electrons. The molecule has 0 spiro atoms. The maximum atomic E-state index is 13.8. The SMILES string of the molecule is CCOc1ccc(C(=O)NC(C)c2ccc(F)cc2F)cc1OC. The van der Waals surface area contributed by atoms with E-state index in [0.717, 1.165) is 12.1 Å². The molecule has 2 rings (SSSR count). The van der Waals surface area contributed by atoms with Crippen LogP contribution in [0.25, 0.3) is 0 Å². The van der Waals surface area contributed by atoms with Gasteiger partial charge in [-0.05, 0) is 38.1 Å². The monoisotopic (exact) mass is 335 g/mol. The Kier molecular flexibility index (Phi) is 5.73. The molecule has 0 aromatic heterocycles. The van der Waals surface area contributed by atoms with Gasteiger partial charge in [-0.3, -0.25) is 4.79 Å². The number of ether oxygens (including phenoxy) is 2. The summed E-state index contributed by atoms with van der Waals surface area (Å²) in [5, 5.41) is 2.68. The van der Waals surface area contributed by atoms with Crippen molar-refractivity contribution < 1.29 is 23.0 Å². The summed E-state index contributed by atoms with van der Waals surface area (Å²) in [5.41, 5.74) is 0.562. The van der Waals surface area contributed by atoms with Crippen LogP contribution >= 0.6 is 0 Å². The van der Waals surface area contributed by atoms with Crippen molar-refractivity contribution in [2.75, 3.05) is 13.7 Å². The smallest absolute Gasteiger partial charge is 0.251 e. The van der Waals surface area contributed by atoms with Crippen LogP contribution in [0.15, 0.2) is 36.4 Å². The molecule has 2 aromatic rings. The van der Waals surface area contributed by atoms with Crippen LogP contribution in [0.2, 0.25) is 0 Å². The maximum Gasteiger partial charge on any atom is 0.251 e. The van der Waals surface area contributed by atoms with E-state index >= 15 is 0 Å². The lowest BCUT2D eigenvalue weighted by molar-refractivity contribution is 0.0939. The first-order valence-electron chi connectivity index (χ1n) is 7.53. The minimum Gasteiger partial charge on any atom is -0.493 e. The van der Waals surface area contributed by atoms with E-state index in [1.54, 1.807) is 25.1 Å². The van der Waals surface area contributed by atoms with E-state index in [2.05, 4.69) is 5.32 Å². The molecule has 0 heterocycles. The first-order chi connectivity index (χ1) is 11.5. The summed E-state index contributed by atoms with van der Waals surface area (Å²) in [6.45, 7) is 3.95. The predicted octanol–water partition coefficient (Wildman–Crippen LogP) is 3.86. The fraction of sp³-hybridized carbons (Fsp3) is 0.278. The van der Waals surface area contributed by atoms with Crippen molar-refractivity contribution in [3.8, 4) is 11.5 Å². The number of methoxy groups -OCH3 is 1. The van der Waals surface area contributed by atoms with Crippen LogP contribution in [0, 0.1) is 11.6 Å². The second-order valence-electron chi connectivity index (χ2n) is 5.16. The number of rotatable bonds is 6. The Balaban J connectivity index is 2.17. The second-order valence-corrected chi connectivity index (χ2v) is 5.16. The summed E-state index contributed by atoms with van der Waals surface area (Å²) >= 11 is 0. The van der Waals surface area contributed by atoms with Gasteiger partial charge < -0.3 is 14.8 Å². The number of carbonyl (C=O) groups excluding carboxylic acids is 1. The molecule has 0 fully saturated rings. The zero-order chi connectivity index (χ0) is 17.7.